The van der Waals surface area contributed by atoms with Gasteiger partial charge in [-0.05, 0) is 23.8 Å². The standard InChI is InChI=1S/C15H11Cl2FO2/c16-9-6-8-4-5-20-15(8)11(7-9)14(19)10-2-1-3-12(17)13(10)18/h1-3,6-7,14,19H,4-5H2. The maximum atomic E-state index is 14.0. The molecule has 0 aromatic heterocycles. The van der Waals surface area contributed by atoms with Crippen molar-refractivity contribution in [1.29, 1.82) is 0 Å². The molecule has 0 aliphatic carbocycles. The van der Waals surface area contributed by atoms with Crippen molar-refractivity contribution in [2.75, 3.05) is 6.61 Å². The zero-order valence-corrected chi connectivity index (χ0v) is 11.9. The van der Waals surface area contributed by atoms with Gasteiger partial charge < -0.3 is 9.84 Å². The summed E-state index contributed by atoms with van der Waals surface area (Å²) in [6.45, 7) is 0.535. The predicted molar refractivity (Wildman–Crippen MR) is 76.1 cm³/mol. The van der Waals surface area contributed by atoms with Crippen LogP contribution in [0, 0.1) is 5.82 Å². The van der Waals surface area contributed by atoms with Gasteiger partial charge in [-0.2, -0.15) is 0 Å². The first-order valence-electron chi connectivity index (χ1n) is 6.15. The molecule has 5 heteroatoms. The van der Waals surface area contributed by atoms with E-state index in [0.717, 1.165) is 12.0 Å². The van der Waals surface area contributed by atoms with Gasteiger partial charge in [-0.15, -0.1) is 0 Å². The molecule has 0 radical (unpaired) electrons. The number of halogens is 3. The van der Waals surface area contributed by atoms with Crippen molar-refractivity contribution in [2.24, 2.45) is 0 Å². The molecular weight excluding hydrogens is 302 g/mol. The SMILES string of the molecule is OC(c1cccc(Cl)c1F)c1cc(Cl)cc2c1OCC2. The highest BCUT2D eigenvalue weighted by molar-refractivity contribution is 6.31. The van der Waals surface area contributed by atoms with Crippen LogP contribution in [-0.2, 0) is 6.42 Å². The van der Waals surface area contributed by atoms with E-state index >= 15 is 0 Å². The summed E-state index contributed by atoms with van der Waals surface area (Å²) in [6, 6.07) is 7.92. The van der Waals surface area contributed by atoms with E-state index in [1.165, 1.54) is 12.1 Å². The molecule has 2 aromatic rings. The van der Waals surface area contributed by atoms with Crippen molar-refractivity contribution in [2.45, 2.75) is 12.5 Å². The fraction of sp³-hybridized carbons (Fsp3) is 0.200. The van der Waals surface area contributed by atoms with E-state index < -0.39 is 11.9 Å². The van der Waals surface area contributed by atoms with Gasteiger partial charge in [0, 0.05) is 22.6 Å². The van der Waals surface area contributed by atoms with Crippen LogP contribution in [0.15, 0.2) is 30.3 Å². The molecule has 0 saturated heterocycles. The predicted octanol–water partition coefficient (Wildman–Crippen LogP) is 4.15. The lowest BCUT2D eigenvalue weighted by Gasteiger charge is -2.16. The van der Waals surface area contributed by atoms with Gasteiger partial charge in [0.15, 0.2) is 0 Å². The molecule has 2 nitrogen and oxygen atoms in total. The molecule has 0 fully saturated rings. The van der Waals surface area contributed by atoms with E-state index in [0.29, 0.717) is 22.9 Å². The van der Waals surface area contributed by atoms with Crippen LogP contribution in [0.3, 0.4) is 0 Å². The Morgan fingerprint density at radius 3 is 2.80 bits per heavy atom. The van der Waals surface area contributed by atoms with Crippen molar-refractivity contribution < 1.29 is 14.2 Å². The number of aliphatic hydroxyl groups is 1. The Kier molecular flexibility index (Phi) is 3.59. The van der Waals surface area contributed by atoms with Crippen molar-refractivity contribution in [3.8, 4) is 5.75 Å². The average molecular weight is 313 g/mol. The number of rotatable bonds is 2. The molecule has 0 saturated carbocycles. The highest BCUT2D eigenvalue weighted by Crippen LogP contribution is 2.39. The molecule has 1 unspecified atom stereocenters. The van der Waals surface area contributed by atoms with E-state index in [1.54, 1.807) is 18.2 Å². The van der Waals surface area contributed by atoms with Gasteiger partial charge in [-0.25, -0.2) is 4.39 Å². The minimum absolute atomic E-state index is 0.0267. The third kappa shape index (κ3) is 2.26. The summed E-state index contributed by atoms with van der Waals surface area (Å²) in [6.07, 6.45) is -0.438. The quantitative estimate of drug-likeness (QED) is 0.902. The molecule has 0 spiro atoms. The smallest absolute Gasteiger partial charge is 0.147 e. The van der Waals surface area contributed by atoms with Gasteiger partial charge >= 0.3 is 0 Å². The Hall–Kier alpha value is -1.29. The lowest BCUT2D eigenvalue weighted by Crippen LogP contribution is -2.05. The van der Waals surface area contributed by atoms with E-state index in [9.17, 15) is 9.50 Å². The van der Waals surface area contributed by atoms with Gasteiger partial charge in [-0.1, -0.05) is 35.3 Å². The molecule has 1 heterocycles. The molecule has 3 rings (SSSR count). The number of ether oxygens (including phenoxy) is 1. The van der Waals surface area contributed by atoms with Gasteiger partial charge in [-0.3, -0.25) is 0 Å². The zero-order chi connectivity index (χ0) is 14.3. The first-order chi connectivity index (χ1) is 9.58. The van der Waals surface area contributed by atoms with Crippen molar-refractivity contribution >= 4 is 23.2 Å². The maximum Gasteiger partial charge on any atom is 0.147 e. The van der Waals surface area contributed by atoms with Crippen LogP contribution >= 0.6 is 23.2 Å². The van der Waals surface area contributed by atoms with Gasteiger partial charge in [0.2, 0.25) is 0 Å². The van der Waals surface area contributed by atoms with E-state index in [4.69, 9.17) is 27.9 Å². The number of fused-ring (bicyclic) bond motifs is 1. The second-order valence-electron chi connectivity index (χ2n) is 4.63. The second-order valence-corrected chi connectivity index (χ2v) is 5.47. The minimum atomic E-state index is -1.17. The second kappa shape index (κ2) is 5.24. The average Bonchev–Trinajstić information content (AvgIpc) is 2.88. The lowest BCUT2D eigenvalue weighted by atomic mass is 9.98. The number of benzene rings is 2. The van der Waals surface area contributed by atoms with E-state index in [2.05, 4.69) is 0 Å². The van der Waals surface area contributed by atoms with Crippen LogP contribution in [0.4, 0.5) is 4.39 Å². The number of aliphatic hydroxyl groups excluding tert-OH is 1. The molecule has 20 heavy (non-hydrogen) atoms. The fourth-order valence-corrected chi connectivity index (χ4v) is 2.83. The largest absolute Gasteiger partial charge is 0.493 e. The van der Waals surface area contributed by atoms with Crippen LogP contribution in [0.25, 0.3) is 0 Å². The van der Waals surface area contributed by atoms with E-state index in [-0.39, 0.29) is 10.6 Å². The van der Waals surface area contributed by atoms with Crippen LogP contribution in [-0.4, -0.2) is 11.7 Å². The summed E-state index contributed by atoms with van der Waals surface area (Å²) in [4.78, 5) is 0. The lowest BCUT2D eigenvalue weighted by molar-refractivity contribution is 0.208. The summed E-state index contributed by atoms with van der Waals surface area (Å²) < 4.78 is 19.5. The Balaban J connectivity index is 2.11. The molecule has 2 aromatic carbocycles. The first kappa shape index (κ1) is 13.7. The van der Waals surface area contributed by atoms with Crippen molar-refractivity contribution in [3.05, 3.63) is 62.9 Å². The molecule has 0 bridgehead atoms. The Labute approximate surface area is 125 Å². The summed E-state index contributed by atoms with van der Waals surface area (Å²) >= 11 is 11.8. The Bertz CT molecular complexity index is 673. The van der Waals surface area contributed by atoms with Crippen LogP contribution < -0.4 is 4.74 Å². The summed E-state index contributed by atoms with van der Waals surface area (Å²) in [5.74, 6) is -0.0466. The Morgan fingerprint density at radius 1 is 1.20 bits per heavy atom. The summed E-state index contributed by atoms with van der Waals surface area (Å²) in [7, 11) is 0. The molecule has 104 valence electrons. The molecule has 1 aliphatic rings. The third-order valence-electron chi connectivity index (χ3n) is 3.35. The van der Waals surface area contributed by atoms with Crippen LogP contribution in [0.5, 0.6) is 5.75 Å². The molecule has 1 N–H and O–H groups in total. The van der Waals surface area contributed by atoms with Crippen LogP contribution in [0.2, 0.25) is 10.0 Å². The summed E-state index contributed by atoms with van der Waals surface area (Å²) in [5.41, 5.74) is 1.50. The monoisotopic (exact) mass is 312 g/mol. The highest BCUT2D eigenvalue weighted by atomic mass is 35.5. The Morgan fingerprint density at radius 2 is 2.00 bits per heavy atom. The molecule has 1 atom stereocenters. The molecular formula is C15H11Cl2FO2. The molecule has 1 aliphatic heterocycles. The van der Waals surface area contributed by atoms with E-state index in [1.807, 2.05) is 0 Å². The summed E-state index contributed by atoms with van der Waals surface area (Å²) in [5, 5.41) is 10.9. The van der Waals surface area contributed by atoms with Gasteiger partial charge in [0.05, 0.1) is 11.6 Å². The zero-order valence-electron chi connectivity index (χ0n) is 10.4. The topological polar surface area (TPSA) is 29.5 Å². The van der Waals surface area contributed by atoms with Crippen molar-refractivity contribution in [3.63, 3.8) is 0 Å². The fourth-order valence-electron chi connectivity index (χ4n) is 2.40. The minimum Gasteiger partial charge on any atom is -0.493 e. The first-order valence-corrected chi connectivity index (χ1v) is 6.90. The number of hydrogen-bond acceptors (Lipinski definition) is 2. The third-order valence-corrected chi connectivity index (χ3v) is 3.86. The highest BCUT2D eigenvalue weighted by Gasteiger charge is 2.25. The molecule has 0 amide bonds. The van der Waals surface area contributed by atoms with Gasteiger partial charge in [0.1, 0.15) is 17.7 Å². The maximum absolute atomic E-state index is 14.0. The van der Waals surface area contributed by atoms with Crippen LogP contribution in [0.1, 0.15) is 22.8 Å². The number of hydrogen-bond donors (Lipinski definition) is 1. The normalized spacial score (nSPS) is 14.8. The van der Waals surface area contributed by atoms with Crippen molar-refractivity contribution in [1.82, 2.24) is 0 Å². The van der Waals surface area contributed by atoms with Gasteiger partial charge in [0.25, 0.3) is 0 Å².